The third-order valence-corrected chi connectivity index (χ3v) is 4.65. The highest BCUT2D eigenvalue weighted by Crippen LogP contribution is 2.28. The van der Waals surface area contributed by atoms with Gasteiger partial charge in [0.2, 0.25) is 5.91 Å². The van der Waals surface area contributed by atoms with E-state index >= 15 is 0 Å². The van der Waals surface area contributed by atoms with Gasteiger partial charge in [-0.15, -0.1) is 0 Å². The summed E-state index contributed by atoms with van der Waals surface area (Å²) in [5.41, 5.74) is 1.55. The first-order valence-electron chi connectivity index (χ1n) is 7.62. The molecule has 2 N–H and O–H groups in total. The highest BCUT2D eigenvalue weighted by molar-refractivity contribution is 9.10. The van der Waals surface area contributed by atoms with Crippen LogP contribution >= 0.6 is 15.9 Å². The van der Waals surface area contributed by atoms with Gasteiger partial charge in [-0.05, 0) is 56.2 Å². The Morgan fingerprint density at radius 2 is 1.75 bits per heavy atom. The number of hydrogen-bond acceptors (Lipinski definition) is 2. The highest BCUT2D eigenvalue weighted by Gasteiger charge is 2.30. The van der Waals surface area contributed by atoms with Gasteiger partial charge in [-0.3, -0.25) is 9.59 Å². The predicted octanol–water partition coefficient (Wildman–Crippen LogP) is 4.55. The van der Waals surface area contributed by atoms with Crippen molar-refractivity contribution in [3.63, 3.8) is 0 Å². The molecular weight excluding hydrogens is 370 g/mol. The quantitative estimate of drug-likeness (QED) is 0.787. The van der Waals surface area contributed by atoms with E-state index in [4.69, 9.17) is 5.11 Å². The lowest BCUT2D eigenvalue weighted by Gasteiger charge is -2.24. The van der Waals surface area contributed by atoms with E-state index < -0.39 is 17.3 Å². The van der Waals surface area contributed by atoms with Gasteiger partial charge in [0.1, 0.15) is 0 Å². The average molecular weight is 390 g/mol. The van der Waals surface area contributed by atoms with Gasteiger partial charge in [0.15, 0.2) is 0 Å². The van der Waals surface area contributed by atoms with Crippen LogP contribution in [0.3, 0.4) is 0 Å². The SMILES string of the molecule is CC(C(=O)O)c1ccc(NC(=O)C(C)(C)c2cccc(Br)c2)cc1. The maximum atomic E-state index is 12.7. The molecule has 0 heterocycles. The summed E-state index contributed by atoms with van der Waals surface area (Å²) in [6.07, 6.45) is 0. The van der Waals surface area contributed by atoms with Crippen LogP contribution in [0, 0.1) is 0 Å². The lowest BCUT2D eigenvalue weighted by atomic mass is 9.83. The lowest BCUT2D eigenvalue weighted by Crippen LogP contribution is -2.34. The van der Waals surface area contributed by atoms with Crippen molar-refractivity contribution in [1.82, 2.24) is 0 Å². The molecule has 0 fully saturated rings. The smallest absolute Gasteiger partial charge is 0.310 e. The van der Waals surface area contributed by atoms with Crippen molar-refractivity contribution in [3.8, 4) is 0 Å². The van der Waals surface area contributed by atoms with Crippen LogP contribution in [-0.4, -0.2) is 17.0 Å². The van der Waals surface area contributed by atoms with Crippen molar-refractivity contribution in [1.29, 1.82) is 0 Å². The number of carbonyl (C=O) groups is 2. The second-order valence-corrected chi connectivity index (χ2v) is 7.19. The minimum atomic E-state index is -0.873. The topological polar surface area (TPSA) is 66.4 Å². The first-order valence-corrected chi connectivity index (χ1v) is 8.41. The molecule has 0 spiro atoms. The third-order valence-electron chi connectivity index (χ3n) is 4.15. The number of amides is 1. The molecule has 126 valence electrons. The summed E-state index contributed by atoms with van der Waals surface area (Å²) in [6, 6.07) is 14.6. The van der Waals surface area contributed by atoms with E-state index in [1.165, 1.54) is 0 Å². The Morgan fingerprint density at radius 1 is 1.12 bits per heavy atom. The van der Waals surface area contributed by atoms with Crippen molar-refractivity contribution >= 4 is 33.5 Å². The fourth-order valence-electron chi connectivity index (χ4n) is 2.29. The highest BCUT2D eigenvalue weighted by atomic mass is 79.9. The van der Waals surface area contributed by atoms with Crippen molar-refractivity contribution in [3.05, 3.63) is 64.1 Å². The fourth-order valence-corrected chi connectivity index (χ4v) is 2.69. The van der Waals surface area contributed by atoms with Crippen LogP contribution in [0.25, 0.3) is 0 Å². The number of carboxylic acid groups (broad SMARTS) is 1. The second kappa shape index (κ2) is 7.18. The molecule has 0 radical (unpaired) electrons. The molecule has 0 aliphatic rings. The van der Waals surface area contributed by atoms with E-state index in [0.717, 1.165) is 10.0 Å². The zero-order valence-electron chi connectivity index (χ0n) is 13.8. The minimum Gasteiger partial charge on any atom is -0.481 e. The van der Waals surface area contributed by atoms with Crippen molar-refractivity contribution in [2.24, 2.45) is 0 Å². The Bertz CT molecular complexity index is 753. The Kier molecular flexibility index (Phi) is 5.44. The van der Waals surface area contributed by atoms with E-state index in [1.807, 2.05) is 38.1 Å². The van der Waals surface area contributed by atoms with Crippen molar-refractivity contribution in [2.75, 3.05) is 5.32 Å². The zero-order chi connectivity index (χ0) is 17.9. The first kappa shape index (κ1) is 18.2. The fraction of sp³-hybridized carbons (Fsp3) is 0.263. The summed E-state index contributed by atoms with van der Waals surface area (Å²) < 4.78 is 0.924. The van der Waals surface area contributed by atoms with Gasteiger partial charge in [0.05, 0.1) is 11.3 Å². The summed E-state index contributed by atoms with van der Waals surface area (Å²) in [5, 5.41) is 11.9. The molecule has 4 nitrogen and oxygen atoms in total. The molecule has 0 saturated carbocycles. The maximum Gasteiger partial charge on any atom is 0.310 e. The molecule has 1 unspecified atom stereocenters. The van der Waals surface area contributed by atoms with Gasteiger partial charge in [-0.25, -0.2) is 0 Å². The molecule has 2 aromatic rings. The van der Waals surface area contributed by atoms with Gasteiger partial charge in [-0.1, -0.05) is 40.2 Å². The van der Waals surface area contributed by atoms with Gasteiger partial charge in [0, 0.05) is 10.2 Å². The van der Waals surface area contributed by atoms with E-state index in [2.05, 4.69) is 21.2 Å². The molecule has 0 saturated heterocycles. The Hall–Kier alpha value is -2.14. The van der Waals surface area contributed by atoms with Crippen molar-refractivity contribution < 1.29 is 14.7 Å². The van der Waals surface area contributed by atoms with Crippen molar-refractivity contribution in [2.45, 2.75) is 32.1 Å². The number of hydrogen-bond donors (Lipinski definition) is 2. The molecule has 1 atom stereocenters. The van der Waals surface area contributed by atoms with Crippen LogP contribution in [0.2, 0.25) is 0 Å². The molecule has 0 bridgehead atoms. The molecule has 5 heteroatoms. The monoisotopic (exact) mass is 389 g/mol. The van der Waals surface area contributed by atoms with Crippen LogP contribution in [0.5, 0.6) is 0 Å². The zero-order valence-corrected chi connectivity index (χ0v) is 15.4. The number of anilines is 1. The largest absolute Gasteiger partial charge is 0.481 e. The number of carboxylic acids is 1. The normalized spacial score (nSPS) is 12.5. The van der Waals surface area contributed by atoms with Gasteiger partial charge in [-0.2, -0.15) is 0 Å². The lowest BCUT2D eigenvalue weighted by molar-refractivity contribution is -0.138. The summed E-state index contributed by atoms with van der Waals surface area (Å²) in [5.74, 6) is -1.57. The second-order valence-electron chi connectivity index (χ2n) is 6.27. The Labute approximate surface area is 150 Å². The van der Waals surface area contributed by atoms with Crippen LogP contribution in [0.15, 0.2) is 53.0 Å². The molecule has 2 aromatic carbocycles. The molecule has 24 heavy (non-hydrogen) atoms. The minimum absolute atomic E-state index is 0.125. The summed E-state index contributed by atoms with van der Waals surface area (Å²) in [6.45, 7) is 5.36. The molecule has 2 rings (SSSR count). The number of nitrogens with one attached hydrogen (secondary N) is 1. The van der Waals surface area contributed by atoms with Crippen LogP contribution in [0.1, 0.15) is 37.8 Å². The Morgan fingerprint density at radius 3 is 2.29 bits per heavy atom. The average Bonchev–Trinajstić information content (AvgIpc) is 2.54. The molecular formula is C19H20BrNO3. The molecule has 1 amide bonds. The first-order chi connectivity index (χ1) is 11.2. The van der Waals surface area contributed by atoms with Gasteiger partial charge < -0.3 is 10.4 Å². The van der Waals surface area contributed by atoms with E-state index in [0.29, 0.717) is 11.3 Å². The summed E-state index contributed by atoms with van der Waals surface area (Å²) >= 11 is 3.42. The predicted molar refractivity (Wildman–Crippen MR) is 98.3 cm³/mol. The number of rotatable bonds is 5. The molecule has 0 aliphatic carbocycles. The van der Waals surface area contributed by atoms with Crippen LogP contribution < -0.4 is 5.32 Å². The number of carbonyl (C=O) groups excluding carboxylic acids is 1. The number of halogens is 1. The van der Waals surface area contributed by atoms with Crippen LogP contribution in [-0.2, 0) is 15.0 Å². The van der Waals surface area contributed by atoms with Gasteiger partial charge in [0.25, 0.3) is 0 Å². The standard InChI is InChI=1S/C19H20BrNO3/c1-12(17(22)23)13-7-9-16(10-8-13)21-18(24)19(2,3)14-5-4-6-15(20)11-14/h4-12H,1-3H3,(H,21,24)(H,22,23). The van der Waals surface area contributed by atoms with Gasteiger partial charge >= 0.3 is 5.97 Å². The van der Waals surface area contributed by atoms with E-state index in [1.54, 1.807) is 31.2 Å². The Balaban J connectivity index is 2.15. The van der Waals surface area contributed by atoms with E-state index in [-0.39, 0.29) is 5.91 Å². The number of benzene rings is 2. The summed E-state index contributed by atoms with van der Waals surface area (Å²) in [4.78, 5) is 23.7. The van der Waals surface area contributed by atoms with Crippen LogP contribution in [0.4, 0.5) is 5.69 Å². The summed E-state index contributed by atoms with van der Waals surface area (Å²) in [7, 11) is 0. The molecule has 0 aromatic heterocycles. The maximum absolute atomic E-state index is 12.7. The third kappa shape index (κ3) is 4.03. The van der Waals surface area contributed by atoms with E-state index in [9.17, 15) is 9.59 Å². The number of aliphatic carboxylic acids is 1. The molecule has 0 aliphatic heterocycles.